The second-order valence-corrected chi connectivity index (χ2v) is 5.39. The molecule has 1 amide bonds. The second kappa shape index (κ2) is 5.91. The first-order valence-corrected chi connectivity index (χ1v) is 6.75. The second-order valence-electron chi connectivity index (χ2n) is 4.58. The van der Waals surface area contributed by atoms with Crippen molar-refractivity contribution in [1.82, 2.24) is 5.32 Å². The molecule has 1 fully saturated rings. The number of nitrogens with one attached hydrogen (secondary N) is 1. The molecule has 1 aromatic carbocycles. The molecule has 0 aromatic heterocycles. The number of rotatable bonds is 5. The largest absolute Gasteiger partial charge is 0.393 e. The maximum absolute atomic E-state index is 11.8. The van der Waals surface area contributed by atoms with Gasteiger partial charge in [-0.15, -0.1) is 0 Å². The van der Waals surface area contributed by atoms with Crippen molar-refractivity contribution >= 4 is 29.1 Å². The van der Waals surface area contributed by atoms with Gasteiger partial charge in [-0.1, -0.05) is 23.2 Å². The molecule has 5 heteroatoms. The molecule has 0 spiro atoms. The van der Waals surface area contributed by atoms with Crippen LogP contribution in [0.25, 0.3) is 0 Å². The Balaban J connectivity index is 1.81. The van der Waals surface area contributed by atoms with Gasteiger partial charge in [0, 0.05) is 12.1 Å². The zero-order valence-corrected chi connectivity index (χ0v) is 11.3. The Labute approximate surface area is 116 Å². The molecule has 18 heavy (non-hydrogen) atoms. The van der Waals surface area contributed by atoms with E-state index in [1.54, 1.807) is 12.1 Å². The van der Waals surface area contributed by atoms with Gasteiger partial charge in [0.25, 0.3) is 5.91 Å². The molecule has 1 aromatic rings. The summed E-state index contributed by atoms with van der Waals surface area (Å²) in [6, 6.07) is 4.76. The predicted molar refractivity (Wildman–Crippen MR) is 72.1 cm³/mol. The Bertz CT molecular complexity index is 447. The normalized spacial score (nSPS) is 16.4. The molecule has 2 N–H and O–H groups in total. The monoisotopic (exact) mass is 287 g/mol. The van der Waals surface area contributed by atoms with Gasteiger partial charge in [-0.2, -0.15) is 0 Å². The van der Waals surface area contributed by atoms with E-state index in [0.29, 0.717) is 34.5 Å². The van der Waals surface area contributed by atoms with Crippen molar-refractivity contribution in [2.24, 2.45) is 5.92 Å². The highest BCUT2D eigenvalue weighted by Crippen LogP contribution is 2.33. The van der Waals surface area contributed by atoms with Gasteiger partial charge in [-0.3, -0.25) is 4.79 Å². The highest BCUT2D eigenvalue weighted by Gasteiger charge is 2.29. The number of aliphatic hydroxyl groups excluding tert-OH is 1. The lowest BCUT2D eigenvalue weighted by molar-refractivity contribution is 0.0937. The molecule has 98 valence electrons. The minimum Gasteiger partial charge on any atom is -0.393 e. The molecule has 1 saturated carbocycles. The number of benzene rings is 1. The maximum Gasteiger partial charge on any atom is 0.251 e. The minimum absolute atomic E-state index is 0.198. The number of carbonyl (C=O) groups is 1. The van der Waals surface area contributed by atoms with Crippen molar-refractivity contribution in [2.75, 3.05) is 6.54 Å². The molecular weight excluding hydrogens is 273 g/mol. The maximum atomic E-state index is 11.8. The lowest BCUT2D eigenvalue weighted by Crippen LogP contribution is -2.27. The van der Waals surface area contributed by atoms with Crippen LogP contribution in [0.5, 0.6) is 0 Å². The molecule has 1 unspecified atom stereocenters. The molecule has 0 radical (unpaired) electrons. The molecule has 0 aliphatic heterocycles. The van der Waals surface area contributed by atoms with Gasteiger partial charge in [0.15, 0.2) is 0 Å². The van der Waals surface area contributed by atoms with Crippen LogP contribution in [0.1, 0.15) is 29.6 Å². The van der Waals surface area contributed by atoms with Gasteiger partial charge in [-0.05, 0) is 43.4 Å². The van der Waals surface area contributed by atoms with Crippen molar-refractivity contribution < 1.29 is 9.90 Å². The lowest BCUT2D eigenvalue weighted by atomic mass is 10.1. The molecular formula is C13H15Cl2NO2. The highest BCUT2D eigenvalue weighted by molar-refractivity contribution is 6.42. The predicted octanol–water partition coefficient (Wildman–Crippen LogP) is 2.88. The van der Waals surface area contributed by atoms with Crippen LogP contribution in [0.4, 0.5) is 0 Å². The molecule has 0 saturated heterocycles. The van der Waals surface area contributed by atoms with Crippen LogP contribution in [0.3, 0.4) is 0 Å². The Kier molecular flexibility index (Phi) is 4.49. The van der Waals surface area contributed by atoms with Crippen LogP contribution in [-0.2, 0) is 0 Å². The number of hydrogen-bond acceptors (Lipinski definition) is 2. The van der Waals surface area contributed by atoms with Crippen molar-refractivity contribution in [3.05, 3.63) is 33.8 Å². The van der Waals surface area contributed by atoms with E-state index < -0.39 is 0 Å². The van der Waals surface area contributed by atoms with Crippen molar-refractivity contribution in [1.29, 1.82) is 0 Å². The summed E-state index contributed by atoms with van der Waals surface area (Å²) in [5, 5.41) is 13.2. The van der Waals surface area contributed by atoms with E-state index in [4.69, 9.17) is 23.2 Å². The molecule has 0 bridgehead atoms. The van der Waals surface area contributed by atoms with Crippen LogP contribution in [0, 0.1) is 5.92 Å². The van der Waals surface area contributed by atoms with Crippen LogP contribution >= 0.6 is 23.2 Å². The summed E-state index contributed by atoms with van der Waals surface area (Å²) in [7, 11) is 0. The van der Waals surface area contributed by atoms with Gasteiger partial charge in [0.1, 0.15) is 0 Å². The average Bonchev–Trinajstić information content (AvgIpc) is 3.16. The number of amides is 1. The SMILES string of the molecule is O=C(NCCC(O)C1CC1)c1ccc(Cl)c(Cl)c1. The molecule has 0 heterocycles. The Morgan fingerprint density at radius 1 is 1.39 bits per heavy atom. The summed E-state index contributed by atoms with van der Waals surface area (Å²) in [6.07, 6.45) is 2.50. The molecule has 1 aliphatic rings. The van der Waals surface area contributed by atoms with Gasteiger partial charge in [0.2, 0.25) is 0 Å². The van der Waals surface area contributed by atoms with Crippen LogP contribution < -0.4 is 5.32 Å². The number of carbonyl (C=O) groups excluding carboxylic acids is 1. The van der Waals surface area contributed by atoms with E-state index in [-0.39, 0.29) is 12.0 Å². The fourth-order valence-corrected chi connectivity index (χ4v) is 2.09. The lowest BCUT2D eigenvalue weighted by Gasteiger charge is -2.10. The average molecular weight is 288 g/mol. The van der Waals surface area contributed by atoms with E-state index in [1.807, 2.05) is 0 Å². The number of halogens is 2. The first kappa shape index (κ1) is 13.7. The van der Waals surface area contributed by atoms with E-state index in [9.17, 15) is 9.90 Å². The summed E-state index contributed by atoms with van der Waals surface area (Å²) in [5.74, 6) is 0.239. The molecule has 1 aliphatic carbocycles. The van der Waals surface area contributed by atoms with Gasteiger partial charge >= 0.3 is 0 Å². The van der Waals surface area contributed by atoms with Gasteiger partial charge < -0.3 is 10.4 Å². The molecule has 3 nitrogen and oxygen atoms in total. The summed E-state index contributed by atoms with van der Waals surface area (Å²) < 4.78 is 0. The number of hydrogen-bond donors (Lipinski definition) is 2. The first-order valence-electron chi connectivity index (χ1n) is 5.99. The third-order valence-corrected chi connectivity index (χ3v) is 3.81. The van der Waals surface area contributed by atoms with Crippen molar-refractivity contribution in [3.8, 4) is 0 Å². The Morgan fingerprint density at radius 3 is 2.72 bits per heavy atom. The third-order valence-electron chi connectivity index (χ3n) is 3.07. The van der Waals surface area contributed by atoms with Crippen LogP contribution in [0.2, 0.25) is 10.0 Å². The van der Waals surface area contributed by atoms with Crippen molar-refractivity contribution in [3.63, 3.8) is 0 Å². The van der Waals surface area contributed by atoms with Gasteiger partial charge in [0.05, 0.1) is 16.1 Å². The smallest absolute Gasteiger partial charge is 0.251 e. The fourth-order valence-electron chi connectivity index (χ4n) is 1.79. The van der Waals surface area contributed by atoms with Crippen LogP contribution in [0.15, 0.2) is 18.2 Å². The van der Waals surface area contributed by atoms with E-state index >= 15 is 0 Å². The fraction of sp³-hybridized carbons (Fsp3) is 0.462. The summed E-state index contributed by atoms with van der Waals surface area (Å²) in [6.45, 7) is 0.469. The Morgan fingerprint density at radius 2 is 2.11 bits per heavy atom. The van der Waals surface area contributed by atoms with E-state index in [0.717, 1.165) is 12.8 Å². The highest BCUT2D eigenvalue weighted by atomic mass is 35.5. The van der Waals surface area contributed by atoms with Crippen LogP contribution in [-0.4, -0.2) is 23.7 Å². The summed E-state index contributed by atoms with van der Waals surface area (Å²) in [5.41, 5.74) is 0.477. The van der Waals surface area contributed by atoms with E-state index in [1.165, 1.54) is 6.07 Å². The van der Waals surface area contributed by atoms with Gasteiger partial charge in [-0.25, -0.2) is 0 Å². The quantitative estimate of drug-likeness (QED) is 0.875. The molecule has 2 rings (SSSR count). The third kappa shape index (κ3) is 3.61. The topological polar surface area (TPSA) is 49.3 Å². The molecule has 1 atom stereocenters. The van der Waals surface area contributed by atoms with E-state index in [2.05, 4.69) is 5.32 Å². The first-order chi connectivity index (χ1) is 8.58. The van der Waals surface area contributed by atoms with Crippen molar-refractivity contribution in [2.45, 2.75) is 25.4 Å². The number of aliphatic hydroxyl groups is 1. The standard InChI is InChI=1S/C13H15Cl2NO2/c14-10-4-3-9(7-11(10)15)13(18)16-6-5-12(17)8-1-2-8/h3-4,7-8,12,17H,1-2,5-6H2,(H,16,18). The summed E-state index contributed by atoms with van der Waals surface area (Å²) >= 11 is 11.6. The zero-order valence-electron chi connectivity index (χ0n) is 9.83. The Hall–Kier alpha value is -0.770. The zero-order chi connectivity index (χ0) is 13.1. The summed E-state index contributed by atoms with van der Waals surface area (Å²) in [4.78, 5) is 11.8. The minimum atomic E-state index is -0.292.